The first-order valence-electron chi connectivity index (χ1n) is 5.29. The molecule has 9 heteroatoms. The minimum absolute atomic E-state index is 0.142. The average molecular weight is 366 g/mol. The van der Waals surface area contributed by atoms with Crippen LogP contribution in [0.25, 0.3) is 0 Å². The topological polar surface area (TPSA) is 84.2 Å². The molecule has 0 bridgehead atoms. The molecule has 104 valence electrons. The molecule has 19 heavy (non-hydrogen) atoms. The highest BCUT2D eigenvalue weighted by Gasteiger charge is 2.20. The summed E-state index contributed by atoms with van der Waals surface area (Å²) in [5.74, 6) is 0. The number of thiophene rings is 1. The third-order valence-corrected chi connectivity index (χ3v) is 6.16. The van der Waals surface area contributed by atoms with Gasteiger partial charge in [0.15, 0.2) is 0 Å². The highest BCUT2D eigenvalue weighted by molar-refractivity contribution is 9.11. The molecule has 0 unspecified atom stereocenters. The largest absolute Gasteiger partial charge is 0.391 e. The first-order chi connectivity index (χ1) is 8.94. The van der Waals surface area contributed by atoms with Crippen molar-refractivity contribution >= 4 is 37.3 Å². The Kier molecular flexibility index (Phi) is 4.41. The molecule has 0 radical (unpaired) electrons. The lowest BCUT2D eigenvalue weighted by Gasteiger charge is -2.06. The first-order valence-corrected chi connectivity index (χ1v) is 8.39. The number of nitrogens with one attached hydrogen (secondary N) is 1. The molecular weight excluding hydrogens is 354 g/mol. The fourth-order valence-corrected chi connectivity index (χ4v) is 5.02. The zero-order chi connectivity index (χ0) is 14.0. The normalized spacial score (nSPS) is 11.9. The van der Waals surface area contributed by atoms with Gasteiger partial charge in [0, 0.05) is 18.1 Å². The SMILES string of the molecule is Cn1nccc1CNS(=O)(=O)c1cc(CO)sc1Br. The number of sulfonamides is 1. The number of halogens is 1. The Balaban J connectivity index is 2.18. The summed E-state index contributed by atoms with van der Waals surface area (Å²) >= 11 is 4.40. The lowest BCUT2D eigenvalue weighted by molar-refractivity contribution is 0.285. The van der Waals surface area contributed by atoms with Crippen LogP contribution in [-0.4, -0.2) is 23.3 Å². The van der Waals surface area contributed by atoms with Crippen LogP contribution in [0.4, 0.5) is 0 Å². The van der Waals surface area contributed by atoms with E-state index in [9.17, 15) is 8.42 Å². The Morgan fingerprint density at radius 1 is 1.58 bits per heavy atom. The number of hydrogen-bond acceptors (Lipinski definition) is 5. The van der Waals surface area contributed by atoms with E-state index in [1.54, 1.807) is 24.0 Å². The summed E-state index contributed by atoms with van der Waals surface area (Å²) in [6.45, 7) is -0.0178. The summed E-state index contributed by atoms with van der Waals surface area (Å²) in [5, 5.41) is 13.0. The maximum Gasteiger partial charge on any atom is 0.242 e. The molecule has 0 saturated heterocycles. The van der Waals surface area contributed by atoms with Gasteiger partial charge in [0.25, 0.3) is 0 Å². The molecular formula is C10H12BrN3O3S2. The van der Waals surface area contributed by atoms with Gasteiger partial charge in [-0.05, 0) is 28.1 Å². The van der Waals surface area contributed by atoms with E-state index in [4.69, 9.17) is 5.11 Å². The zero-order valence-electron chi connectivity index (χ0n) is 10.00. The molecule has 2 rings (SSSR count). The van der Waals surface area contributed by atoms with E-state index in [2.05, 4.69) is 25.8 Å². The second-order valence-corrected chi connectivity index (χ2v) is 7.97. The summed E-state index contributed by atoms with van der Waals surface area (Å²) < 4.78 is 28.9. The number of nitrogens with zero attached hydrogens (tertiary/aromatic N) is 2. The van der Waals surface area contributed by atoms with Crippen LogP contribution in [0.2, 0.25) is 0 Å². The van der Waals surface area contributed by atoms with E-state index in [0.717, 1.165) is 5.69 Å². The highest BCUT2D eigenvalue weighted by atomic mass is 79.9. The second kappa shape index (κ2) is 5.71. The van der Waals surface area contributed by atoms with Gasteiger partial charge in [-0.15, -0.1) is 11.3 Å². The fourth-order valence-electron chi connectivity index (χ4n) is 1.48. The molecule has 0 spiro atoms. The molecule has 2 N–H and O–H groups in total. The van der Waals surface area contributed by atoms with E-state index in [1.807, 2.05) is 0 Å². The van der Waals surface area contributed by atoms with Crippen molar-refractivity contribution in [2.45, 2.75) is 18.0 Å². The van der Waals surface area contributed by atoms with Crippen molar-refractivity contribution < 1.29 is 13.5 Å². The Morgan fingerprint density at radius 3 is 2.84 bits per heavy atom. The number of aliphatic hydroxyl groups is 1. The van der Waals surface area contributed by atoms with Crippen molar-refractivity contribution in [1.29, 1.82) is 0 Å². The summed E-state index contributed by atoms with van der Waals surface area (Å²) in [6.07, 6.45) is 1.61. The second-order valence-electron chi connectivity index (χ2n) is 3.78. The molecule has 2 aromatic heterocycles. The van der Waals surface area contributed by atoms with Gasteiger partial charge in [-0.25, -0.2) is 13.1 Å². The van der Waals surface area contributed by atoms with Crippen LogP contribution in [0.3, 0.4) is 0 Å². The van der Waals surface area contributed by atoms with Crippen LogP contribution in [0.1, 0.15) is 10.6 Å². The van der Waals surface area contributed by atoms with Gasteiger partial charge in [0.2, 0.25) is 10.0 Å². The van der Waals surface area contributed by atoms with E-state index in [0.29, 0.717) is 8.66 Å². The molecule has 0 aliphatic carbocycles. The standard InChI is InChI=1S/C10H12BrN3O3S2/c1-14-7(2-3-12-14)5-13-19(16,17)9-4-8(6-15)18-10(9)11/h2-4,13,15H,5-6H2,1H3. The third kappa shape index (κ3) is 3.23. The number of rotatable bonds is 5. The molecule has 2 aromatic rings. The van der Waals surface area contributed by atoms with Crippen molar-refractivity contribution in [3.05, 3.63) is 32.7 Å². The minimum Gasteiger partial charge on any atom is -0.391 e. The van der Waals surface area contributed by atoms with Gasteiger partial charge < -0.3 is 5.11 Å². The molecule has 0 fully saturated rings. The highest BCUT2D eigenvalue weighted by Crippen LogP contribution is 2.31. The van der Waals surface area contributed by atoms with Crippen LogP contribution < -0.4 is 4.72 Å². The maximum atomic E-state index is 12.1. The van der Waals surface area contributed by atoms with E-state index >= 15 is 0 Å². The zero-order valence-corrected chi connectivity index (χ0v) is 13.2. The number of aliphatic hydroxyl groups excluding tert-OH is 1. The fraction of sp³-hybridized carbons (Fsp3) is 0.300. The van der Waals surface area contributed by atoms with Crippen LogP contribution in [-0.2, 0) is 30.2 Å². The monoisotopic (exact) mass is 365 g/mol. The van der Waals surface area contributed by atoms with Crippen molar-refractivity contribution in [2.75, 3.05) is 0 Å². The predicted octanol–water partition coefficient (Wildman–Crippen LogP) is 1.21. The number of aromatic nitrogens is 2. The van der Waals surface area contributed by atoms with Crippen molar-refractivity contribution in [3.8, 4) is 0 Å². The first kappa shape index (κ1) is 14.7. The molecule has 6 nitrogen and oxygen atoms in total. The van der Waals surface area contributed by atoms with Gasteiger partial charge in [-0.3, -0.25) is 4.68 Å². The van der Waals surface area contributed by atoms with Gasteiger partial charge in [-0.2, -0.15) is 5.10 Å². The van der Waals surface area contributed by atoms with Crippen molar-refractivity contribution in [1.82, 2.24) is 14.5 Å². The number of aryl methyl sites for hydroxylation is 1. The smallest absolute Gasteiger partial charge is 0.242 e. The van der Waals surface area contributed by atoms with Crippen LogP contribution in [0.15, 0.2) is 27.0 Å². The summed E-state index contributed by atoms with van der Waals surface area (Å²) in [4.78, 5) is 0.733. The Morgan fingerprint density at radius 2 is 2.32 bits per heavy atom. The molecule has 0 atom stereocenters. The lowest BCUT2D eigenvalue weighted by atomic mass is 10.4. The van der Waals surface area contributed by atoms with Gasteiger partial charge in [0.1, 0.15) is 4.90 Å². The molecule has 0 aromatic carbocycles. The molecule has 0 saturated carbocycles. The number of hydrogen-bond donors (Lipinski definition) is 2. The molecule has 0 aliphatic rings. The van der Waals surface area contributed by atoms with Crippen molar-refractivity contribution in [3.63, 3.8) is 0 Å². The molecule has 0 amide bonds. The maximum absolute atomic E-state index is 12.1. The van der Waals surface area contributed by atoms with Crippen LogP contribution in [0.5, 0.6) is 0 Å². The Bertz CT molecular complexity index is 678. The third-order valence-electron chi connectivity index (χ3n) is 2.52. The summed E-state index contributed by atoms with van der Waals surface area (Å²) in [6, 6.07) is 3.20. The van der Waals surface area contributed by atoms with Gasteiger partial charge >= 0.3 is 0 Å². The summed E-state index contributed by atoms with van der Waals surface area (Å²) in [7, 11) is -1.87. The quantitative estimate of drug-likeness (QED) is 0.833. The summed E-state index contributed by atoms with van der Waals surface area (Å²) in [5.41, 5.74) is 0.761. The van der Waals surface area contributed by atoms with Crippen LogP contribution >= 0.6 is 27.3 Å². The van der Waals surface area contributed by atoms with Crippen LogP contribution in [0, 0.1) is 0 Å². The molecule has 2 heterocycles. The minimum atomic E-state index is -3.61. The van der Waals surface area contributed by atoms with E-state index in [-0.39, 0.29) is 18.0 Å². The lowest BCUT2D eigenvalue weighted by Crippen LogP contribution is -2.24. The Labute approximate surface area is 123 Å². The molecule has 0 aliphatic heterocycles. The average Bonchev–Trinajstić information content (AvgIpc) is 2.93. The Hall–Kier alpha value is -0.740. The predicted molar refractivity (Wildman–Crippen MR) is 75.2 cm³/mol. The van der Waals surface area contributed by atoms with E-state index < -0.39 is 10.0 Å². The van der Waals surface area contributed by atoms with Gasteiger partial charge in [0.05, 0.1) is 22.6 Å². The van der Waals surface area contributed by atoms with E-state index in [1.165, 1.54) is 17.4 Å². The van der Waals surface area contributed by atoms with Gasteiger partial charge in [-0.1, -0.05) is 0 Å². The van der Waals surface area contributed by atoms with Crippen molar-refractivity contribution in [2.24, 2.45) is 7.05 Å².